The normalized spacial score (nSPS) is 13.4. The fraction of sp³-hybridized carbons (Fsp3) is 0.207. The molecule has 0 atom stereocenters. The van der Waals surface area contributed by atoms with Crippen molar-refractivity contribution in [2.75, 3.05) is 6.54 Å². The minimum Gasteiger partial charge on any atom is -0.325 e. The lowest BCUT2D eigenvalue weighted by molar-refractivity contribution is 0.522. The van der Waals surface area contributed by atoms with E-state index in [9.17, 15) is 4.39 Å². The molecule has 0 unspecified atom stereocenters. The fourth-order valence-corrected chi connectivity index (χ4v) is 3.92. The van der Waals surface area contributed by atoms with Gasteiger partial charge in [-0.25, -0.2) is 9.38 Å². The van der Waals surface area contributed by atoms with E-state index in [4.69, 9.17) is 4.99 Å². The van der Waals surface area contributed by atoms with Crippen molar-refractivity contribution < 1.29 is 4.39 Å². The Balaban J connectivity index is 0.000000323. The number of amidine groups is 1. The van der Waals surface area contributed by atoms with Crippen LogP contribution in [0.25, 0.3) is 0 Å². The molecular weight excluding hydrogens is 475 g/mol. The summed E-state index contributed by atoms with van der Waals surface area (Å²) in [5, 5.41) is 0. The van der Waals surface area contributed by atoms with E-state index in [1.807, 2.05) is 37.3 Å². The van der Waals surface area contributed by atoms with Gasteiger partial charge in [-0.2, -0.15) is 0 Å². The van der Waals surface area contributed by atoms with Gasteiger partial charge in [-0.15, -0.1) is 0 Å². The highest BCUT2D eigenvalue weighted by molar-refractivity contribution is 9.12. The standard InChI is InChI=1S/C21H20BrFN2.C8H10/c1-14-18(10-7-11-19(14)23)21-24-15(2)20(22)16(3)25(21)13-12-17-8-5-4-6-9-17;1-2-8-6-4-3-5-7-8/h4-11H,3,12-13H2,1-2H3;3-7H,2H2,1H3. The molecule has 3 aromatic rings. The number of hydrogen-bond acceptors (Lipinski definition) is 2. The number of nitrogens with zero attached hydrogens (tertiary/aromatic N) is 2. The first kappa shape index (κ1) is 24.7. The zero-order valence-corrected chi connectivity index (χ0v) is 21.1. The van der Waals surface area contributed by atoms with Gasteiger partial charge in [-0.05, 0) is 65.4 Å². The summed E-state index contributed by atoms with van der Waals surface area (Å²) in [6.07, 6.45) is 1.99. The maximum Gasteiger partial charge on any atom is 0.141 e. The molecule has 0 aliphatic carbocycles. The first-order chi connectivity index (χ1) is 15.9. The van der Waals surface area contributed by atoms with Gasteiger partial charge in [0.1, 0.15) is 11.7 Å². The van der Waals surface area contributed by atoms with Crippen molar-refractivity contribution in [1.82, 2.24) is 4.90 Å². The molecule has 0 saturated heterocycles. The molecule has 1 aliphatic heterocycles. The molecule has 0 N–H and O–H groups in total. The van der Waals surface area contributed by atoms with E-state index in [2.05, 4.69) is 70.7 Å². The molecule has 0 fully saturated rings. The van der Waals surface area contributed by atoms with Gasteiger partial charge in [0.25, 0.3) is 0 Å². The van der Waals surface area contributed by atoms with Gasteiger partial charge < -0.3 is 4.90 Å². The van der Waals surface area contributed by atoms with Crippen LogP contribution in [0.1, 0.15) is 36.1 Å². The van der Waals surface area contributed by atoms with E-state index in [1.54, 1.807) is 13.0 Å². The Kier molecular flexibility index (Phi) is 8.79. The third-order valence-corrected chi connectivity index (χ3v) is 6.68. The van der Waals surface area contributed by atoms with Crippen LogP contribution in [0.15, 0.2) is 106 Å². The number of halogens is 2. The van der Waals surface area contributed by atoms with Crippen LogP contribution in [-0.4, -0.2) is 17.3 Å². The molecule has 2 nitrogen and oxygen atoms in total. The Morgan fingerprint density at radius 3 is 2.06 bits per heavy atom. The highest BCUT2D eigenvalue weighted by Crippen LogP contribution is 2.32. The third kappa shape index (κ3) is 6.29. The molecule has 0 bridgehead atoms. The minimum atomic E-state index is -0.222. The van der Waals surface area contributed by atoms with Crippen LogP contribution in [0, 0.1) is 12.7 Å². The van der Waals surface area contributed by atoms with E-state index >= 15 is 0 Å². The second-order valence-corrected chi connectivity index (χ2v) is 8.71. The molecule has 4 heteroatoms. The molecule has 3 aromatic carbocycles. The van der Waals surface area contributed by atoms with Crippen LogP contribution in [-0.2, 0) is 12.8 Å². The summed E-state index contributed by atoms with van der Waals surface area (Å²) in [7, 11) is 0. The van der Waals surface area contributed by atoms with E-state index in [1.165, 1.54) is 17.2 Å². The lowest BCUT2D eigenvalue weighted by Crippen LogP contribution is -2.35. The van der Waals surface area contributed by atoms with Gasteiger partial charge in [0.05, 0.1) is 15.9 Å². The van der Waals surface area contributed by atoms with Crippen molar-refractivity contribution in [2.24, 2.45) is 4.99 Å². The number of benzene rings is 3. The molecule has 0 saturated carbocycles. The van der Waals surface area contributed by atoms with Crippen LogP contribution in [0.5, 0.6) is 0 Å². The van der Waals surface area contributed by atoms with Gasteiger partial charge in [-0.1, -0.05) is 86.3 Å². The van der Waals surface area contributed by atoms with Gasteiger partial charge >= 0.3 is 0 Å². The van der Waals surface area contributed by atoms with Crippen LogP contribution >= 0.6 is 15.9 Å². The van der Waals surface area contributed by atoms with Crippen molar-refractivity contribution in [3.63, 3.8) is 0 Å². The molecule has 0 radical (unpaired) electrons. The van der Waals surface area contributed by atoms with Crippen LogP contribution in [0.3, 0.4) is 0 Å². The highest BCUT2D eigenvalue weighted by atomic mass is 79.9. The van der Waals surface area contributed by atoms with Gasteiger partial charge in [0.15, 0.2) is 0 Å². The Hall–Kier alpha value is -2.98. The zero-order valence-electron chi connectivity index (χ0n) is 19.5. The molecule has 0 spiro atoms. The Bertz CT molecular complexity index is 1150. The van der Waals surface area contributed by atoms with Gasteiger partial charge in [0, 0.05) is 12.1 Å². The molecule has 0 aromatic heterocycles. The van der Waals surface area contributed by atoms with Crippen molar-refractivity contribution >= 4 is 21.8 Å². The number of aryl methyl sites for hydroxylation is 1. The predicted octanol–water partition coefficient (Wildman–Crippen LogP) is 7.83. The molecule has 33 heavy (non-hydrogen) atoms. The summed E-state index contributed by atoms with van der Waals surface area (Å²) in [5.74, 6) is 0.527. The molecule has 0 amide bonds. The Morgan fingerprint density at radius 1 is 0.879 bits per heavy atom. The highest BCUT2D eigenvalue weighted by Gasteiger charge is 2.25. The summed E-state index contributed by atoms with van der Waals surface area (Å²) in [6.45, 7) is 10.8. The minimum absolute atomic E-state index is 0.222. The smallest absolute Gasteiger partial charge is 0.141 e. The van der Waals surface area contributed by atoms with Crippen molar-refractivity contribution in [3.8, 4) is 0 Å². The van der Waals surface area contributed by atoms with Crippen molar-refractivity contribution in [3.05, 3.63) is 129 Å². The molecule has 170 valence electrons. The van der Waals surface area contributed by atoms with Gasteiger partial charge in [0.2, 0.25) is 0 Å². The topological polar surface area (TPSA) is 15.6 Å². The lowest BCUT2D eigenvalue weighted by atomic mass is 10.0. The Labute approximate surface area is 205 Å². The van der Waals surface area contributed by atoms with Crippen LogP contribution in [0.2, 0.25) is 0 Å². The summed E-state index contributed by atoms with van der Waals surface area (Å²) >= 11 is 3.58. The molecule has 1 aliphatic rings. The molecular formula is C29H30BrFN2. The first-order valence-corrected chi connectivity index (χ1v) is 12.0. The maximum absolute atomic E-state index is 14.1. The third-order valence-electron chi connectivity index (χ3n) is 5.65. The van der Waals surface area contributed by atoms with E-state index < -0.39 is 0 Å². The lowest BCUT2D eigenvalue weighted by Gasteiger charge is -2.32. The van der Waals surface area contributed by atoms with Gasteiger partial charge in [-0.3, -0.25) is 0 Å². The second-order valence-electron chi connectivity index (χ2n) is 7.92. The summed E-state index contributed by atoms with van der Waals surface area (Å²) < 4.78 is 15.0. The second kappa shape index (κ2) is 11.8. The quantitative estimate of drug-likeness (QED) is 0.345. The monoisotopic (exact) mass is 504 g/mol. The zero-order chi connectivity index (χ0) is 23.8. The first-order valence-electron chi connectivity index (χ1n) is 11.2. The van der Waals surface area contributed by atoms with E-state index in [0.29, 0.717) is 5.56 Å². The average Bonchev–Trinajstić information content (AvgIpc) is 2.85. The SMILES string of the molecule is C=C1C(Br)=C(C)N=C(c2cccc(F)c2C)N1CCc1ccccc1.CCc1ccccc1. The van der Waals surface area contributed by atoms with Crippen molar-refractivity contribution in [1.29, 1.82) is 0 Å². The van der Waals surface area contributed by atoms with E-state index in [-0.39, 0.29) is 5.82 Å². The largest absolute Gasteiger partial charge is 0.325 e. The predicted molar refractivity (Wildman–Crippen MR) is 141 cm³/mol. The van der Waals surface area contributed by atoms with Crippen LogP contribution < -0.4 is 0 Å². The van der Waals surface area contributed by atoms with E-state index in [0.717, 1.165) is 46.7 Å². The number of hydrogen-bond donors (Lipinski definition) is 0. The molecule has 4 rings (SSSR count). The number of rotatable bonds is 5. The summed E-state index contributed by atoms with van der Waals surface area (Å²) in [5.41, 5.74) is 5.75. The Morgan fingerprint density at radius 2 is 1.48 bits per heavy atom. The number of aliphatic imine (C=N–C) groups is 1. The number of allylic oxidation sites excluding steroid dienone is 2. The maximum atomic E-state index is 14.1. The van der Waals surface area contributed by atoms with Crippen LogP contribution in [0.4, 0.5) is 4.39 Å². The fourth-order valence-electron chi connectivity index (χ4n) is 3.62. The molecule has 1 heterocycles. The summed E-state index contributed by atoms with van der Waals surface area (Å²) in [4.78, 5) is 6.79. The summed E-state index contributed by atoms with van der Waals surface area (Å²) in [6, 6.07) is 25.8. The van der Waals surface area contributed by atoms with Crippen molar-refractivity contribution in [2.45, 2.75) is 33.6 Å². The average molecular weight is 505 g/mol.